The number of aromatic carboxylic acids is 1. The van der Waals surface area contributed by atoms with E-state index < -0.39 is 16.7 Å². The summed E-state index contributed by atoms with van der Waals surface area (Å²) in [4.78, 5) is 20.9. The zero-order chi connectivity index (χ0) is 15.6. The van der Waals surface area contributed by atoms with Crippen LogP contribution in [-0.2, 0) is 0 Å². The Kier molecular flexibility index (Phi) is 4.18. The van der Waals surface area contributed by atoms with Crippen LogP contribution in [-0.4, -0.2) is 16.0 Å². The Bertz CT molecular complexity index is 734. The molecule has 0 aliphatic heterocycles. The van der Waals surface area contributed by atoms with Crippen molar-refractivity contribution < 1.29 is 24.0 Å². The Balaban J connectivity index is 2.37. The van der Waals surface area contributed by atoms with Gasteiger partial charge in [0.2, 0.25) is 0 Å². The molecule has 1 N–H and O–H groups in total. The molecular weight excluding hydrogens is 349 g/mol. The zero-order valence-corrected chi connectivity index (χ0v) is 11.8. The average Bonchev–Trinajstić information content (AvgIpc) is 2.42. The number of hydrogen-bond donors (Lipinski definition) is 1. The summed E-state index contributed by atoms with van der Waals surface area (Å²) in [6, 6.07) is 7.20. The van der Waals surface area contributed by atoms with Crippen molar-refractivity contribution in [3.05, 3.63) is 62.4 Å². The van der Waals surface area contributed by atoms with Crippen molar-refractivity contribution in [2.75, 3.05) is 0 Å². The molecule has 8 heteroatoms. The minimum atomic E-state index is -1.27. The van der Waals surface area contributed by atoms with Gasteiger partial charge in [0.1, 0.15) is 10.2 Å². The van der Waals surface area contributed by atoms with E-state index in [1.807, 2.05) is 0 Å². The Morgan fingerprint density at radius 2 is 2.00 bits per heavy atom. The number of carboxylic acids is 1. The van der Waals surface area contributed by atoms with Gasteiger partial charge in [-0.05, 0) is 40.2 Å². The number of benzene rings is 2. The van der Waals surface area contributed by atoms with Gasteiger partial charge in [0.25, 0.3) is 5.69 Å². The van der Waals surface area contributed by atoms with Gasteiger partial charge < -0.3 is 9.84 Å². The molecule has 0 heterocycles. The van der Waals surface area contributed by atoms with Crippen molar-refractivity contribution in [1.29, 1.82) is 0 Å². The number of halogens is 2. The highest BCUT2D eigenvalue weighted by molar-refractivity contribution is 9.10. The highest BCUT2D eigenvalue weighted by Gasteiger charge is 2.18. The second-order valence-corrected chi connectivity index (χ2v) is 4.69. The summed E-state index contributed by atoms with van der Waals surface area (Å²) in [5.74, 6) is -2.34. The van der Waals surface area contributed by atoms with Crippen LogP contribution < -0.4 is 4.74 Å². The van der Waals surface area contributed by atoms with Crippen LogP contribution in [0.2, 0.25) is 0 Å². The summed E-state index contributed by atoms with van der Waals surface area (Å²) in [6.45, 7) is 0. The van der Waals surface area contributed by atoms with Crippen molar-refractivity contribution in [2.45, 2.75) is 0 Å². The van der Waals surface area contributed by atoms with Gasteiger partial charge in [-0.3, -0.25) is 10.1 Å². The van der Waals surface area contributed by atoms with Crippen LogP contribution in [0.5, 0.6) is 11.5 Å². The van der Waals surface area contributed by atoms with Crippen molar-refractivity contribution >= 4 is 27.6 Å². The largest absolute Gasteiger partial charge is 0.478 e. The molecule has 6 nitrogen and oxygen atoms in total. The van der Waals surface area contributed by atoms with E-state index in [-0.39, 0.29) is 27.2 Å². The Morgan fingerprint density at radius 3 is 2.57 bits per heavy atom. The average molecular weight is 356 g/mol. The van der Waals surface area contributed by atoms with E-state index >= 15 is 0 Å². The predicted molar refractivity (Wildman–Crippen MR) is 74.2 cm³/mol. The molecule has 0 unspecified atom stereocenters. The molecule has 21 heavy (non-hydrogen) atoms. The van der Waals surface area contributed by atoms with Crippen LogP contribution in [0, 0.1) is 15.9 Å². The molecule has 0 saturated carbocycles. The molecule has 0 bridgehead atoms. The molecule has 0 radical (unpaired) electrons. The highest BCUT2D eigenvalue weighted by atomic mass is 79.9. The number of carbonyl (C=O) groups is 1. The first-order valence-corrected chi connectivity index (χ1v) is 6.33. The van der Waals surface area contributed by atoms with Crippen LogP contribution in [0.3, 0.4) is 0 Å². The van der Waals surface area contributed by atoms with Crippen LogP contribution in [0.1, 0.15) is 10.4 Å². The summed E-state index contributed by atoms with van der Waals surface area (Å²) in [5, 5.41) is 19.5. The smallest absolute Gasteiger partial charge is 0.335 e. The summed E-state index contributed by atoms with van der Waals surface area (Å²) in [7, 11) is 0. The topological polar surface area (TPSA) is 89.7 Å². The number of nitro groups is 1. The van der Waals surface area contributed by atoms with Crippen LogP contribution in [0.4, 0.5) is 10.1 Å². The molecule has 0 aliphatic carbocycles. The molecule has 0 aliphatic rings. The SMILES string of the molecule is O=C(O)c1ccc(Oc2cccc([N+](=O)[O-])c2Br)c(F)c1. The summed E-state index contributed by atoms with van der Waals surface area (Å²) < 4.78 is 19.1. The van der Waals surface area contributed by atoms with Gasteiger partial charge in [-0.15, -0.1) is 0 Å². The molecule has 0 atom stereocenters. The number of nitro benzene ring substituents is 1. The lowest BCUT2D eigenvalue weighted by molar-refractivity contribution is -0.385. The molecule has 0 amide bonds. The first-order chi connectivity index (χ1) is 9.90. The molecule has 0 fully saturated rings. The lowest BCUT2D eigenvalue weighted by Gasteiger charge is -2.09. The van der Waals surface area contributed by atoms with Gasteiger partial charge in [-0.25, -0.2) is 9.18 Å². The molecule has 108 valence electrons. The Labute approximate surface area is 126 Å². The van der Waals surface area contributed by atoms with Crippen molar-refractivity contribution in [3.63, 3.8) is 0 Å². The predicted octanol–water partition coefficient (Wildman–Crippen LogP) is 3.99. The fourth-order valence-electron chi connectivity index (χ4n) is 1.55. The van der Waals surface area contributed by atoms with Crippen molar-refractivity contribution in [1.82, 2.24) is 0 Å². The van der Waals surface area contributed by atoms with Gasteiger partial charge >= 0.3 is 5.97 Å². The van der Waals surface area contributed by atoms with Crippen LogP contribution in [0.15, 0.2) is 40.9 Å². The summed E-state index contributed by atoms with van der Waals surface area (Å²) in [5.41, 5.74) is -0.451. The lowest BCUT2D eigenvalue weighted by Crippen LogP contribution is -1.98. The van der Waals surface area contributed by atoms with E-state index in [2.05, 4.69) is 15.9 Å². The quantitative estimate of drug-likeness (QED) is 0.661. The number of ether oxygens (including phenoxy) is 1. The number of carboxylic acid groups (broad SMARTS) is 1. The third-order valence-corrected chi connectivity index (χ3v) is 3.34. The fraction of sp³-hybridized carbons (Fsp3) is 0. The van der Waals surface area contributed by atoms with E-state index in [0.717, 1.165) is 12.1 Å². The molecule has 0 aromatic heterocycles. The van der Waals surface area contributed by atoms with Crippen LogP contribution >= 0.6 is 15.9 Å². The molecule has 0 spiro atoms. The van der Waals surface area contributed by atoms with Gasteiger partial charge in [0.15, 0.2) is 11.6 Å². The Morgan fingerprint density at radius 1 is 1.29 bits per heavy atom. The number of rotatable bonds is 4. The van der Waals surface area contributed by atoms with Crippen molar-refractivity contribution in [2.24, 2.45) is 0 Å². The maximum atomic E-state index is 13.7. The number of nitrogens with zero attached hydrogens (tertiary/aromatic N) is 1. The first-order valence-electron chi connectivity index (χ1n) is 5.53. The van der Waals surface area contributed by atoms with E-state index in [9.17, 15) is 19.3 Å². The molecule has 2 rings (SSSR count). The molecule has 2 aromatic carbocycles. The van der Waals surface area contributed by atoms with Crippen molar-refractivity contribution in [3.8, 4) is 11.5 Å². The molecule has 0 saturated heterocycles. The van der Waals surface area contributed by atoms with E-state index in [0.29, 0.717) is 0 Å². The lowest BCUT2D eigenvalue weighted by atomic mass is 10.2. The summed E-state index contributed by atoms with van der Waals surface area (Å²) >= 11 is 3.02. The molecule has 2 aromatic rings. The fourth-order valence-corrected chi connectivity index (χ4v) is 2.04. The standard InChI is InChI=1S/C13H7BrFNO5/c14-12-9(16(19)20)2-1-3-11(12)21-10-5-4-7(13(17)18)6-8(10)15/h1-6H,(H,17,18). The highest BCUT2D eigenvalue weighted by Crippen LogP contribution is 2.37. The van der Waals surface area contributed by atoms with E-state index in [4.69, 9.17) is 9.84 Å². The maximum absolute atomic E-state index is 13.7. The Hall–Kier alpha value is -2.48. The zero-order valence-electron chi connectivity index (χ0n) is 10.2. The van der Waals surface area contributed by atoms with Crippen LogP contribution in [0.25, 0.3) is 0 Å². The second kappa shape index (κ2) is 5.88. The first kappa shape index (κ1) is 14.9. The second-order valence-electron chi connectivity index (χ2n) is 3.90. The maximum Gasteiger partial charge on any atom is 0.335 e. The molecular formula is C13H7BrFNO5. The third-order valence-electron chi connectivity index (χ3n) is 2.54. The number of hydrogen-bond acceptors (Lipinski definition) is 4. The third kappa shape index (κ3) is 3.16. The van der Waals surface area contributed by atoms with Gasteiger partial charge in [0, 0.05) is 6.07 Å². The van der Waals surface area contributed by atoms with Gasteiger partial charge in [-0.2, -0.15) is 0 Å². The van der Waals surface area contributed by atoms with Gasteiger partial charge in [-0.1, -0.05) is 6.07 Å². The minimum absolute atomic E-state index is 0.0474. The van der Waals surface area contributed by atoms with E-state index in [1.165, 1.54) is 24.3 Å². The normalized spacial score (nSPS) is 10.2. The summed E-state index contributed by atoms with van der Waals surface area (Å²) in [6.07, 6.45) is 0. The van der Waals surface area contributed by atoms with E-state index in [1.54, 1.807) is 0 Å². The monoisotopic (exact) mass is 355 g/mol. The van der Waals surface area contributed by atoms with Gasteiger partial charge in [0.05, 0.1) is 10.5 Å². The minimum Gasteiger partial charge on any atom is -0.478 e.